The molecule has 1 N–H and O–H groups in total. The van der Waals surface area contributed by atoms with E-state index in [4.69, 9.17) is 28.6 Å². The van der Waals surface area contributed by atoms with Crippen molar-refractivity contribution in [1.82, 2.24) is 9.55 Å². The Morgan fingerprint density at radius 2 is 2.05 bits per heavy atom. The summed E-state index contributed by atoms with van der Waals surface area (Å²) in [5.74, 6) is 0.779. The molecule has 0 amide bonds. The second kappa shape index (κ2) is 5.24. The third kappa shape index (κ3) is 2.26. The molecule has 0 radical (unpaired) electrons. The lowest BCUT2D eigenvalue weighted by molar-refractivity contribution is 0.415. The minimum Gasteiger partial charge on any atom is -0.497 e. The third-order valence-corrected chi connectivity index (χ3v) is 4.14. The highest BCUT2D eigenvalue weighted by Gasteiger charge is 2.11. The monoisotopic (exact) mass is 368 g/mol. The number of ether oxygens (including phenoxy) is 1. The van der Waals surface area contributed by atoms with E-state index in [1.807, 2.05) is 41.0 Å². The highest BCUT2D eigenvalue weighted by atomic mass is 79.9. The van der Waals surface area contributed by atoms with Crippen molar-refractivity contribution in [3.05, 3.63) is 50.7 Å². The molecule has 0 saturated carbocycles. The van der Waals surface area contributed by atoms with E-state index in [2.05, 4.69) is 20.9 Å². The molecule has 1 heterocycles. The summed E-state index contributed by atoms with van der Waals surface area (Å²) >= 11 is 15.2. The molecular weight excluding hydrogens is 360 g/mol. The number of benzene rings is 2. The largest absolute Gasteiger partial charge is 0.497 e. The first-order valence-electron chi connectivity index (χ1n) is 5.84. The molecule has 0 aliphatic heterocycles. The van der Waals surface area contributed by atoms with Crippen molar-refractivity contribution in [3.63, 3.8) is 0 Å². The van der Waals surface area contributed by atoms with Gasteiger partial charge in [0.2, 0.25) is 0 Å². The van der Waals surface area contributed by atoms with Gasteiger partial charge in [-0.25, -0.2) is 0 Å². The maximum atomic E-state index is 6.29. The number of rotatable bonds is 2. The van der Waals surface area contributed by atoms with Gasteiger partial charge in [-0.15, -0.1) is 0 Å². The molecule has 2 aromatic carbocycles. The van der Waals surface area contributed by atoms with E-state index in [1.54, 1.807) is 7.11 Å². The second-order valence-corrected chi connectivity index (χ2v) is 5.95. The topological polar surface area (TPSA) is 29.9 Å². The van der Waals surface area contributed by atoms with Crippen LogP contribution in [0.2, 0.25) is 5.02 Å². The Balaban J connectivity index is 2.33. The number of nitrogens with zero attached hydrogens (tertiary/aromatic N) is 1. The van der Waals surface area contributed by atoms with E-state index >= 15 is 0 Å². The highest BCUT2D eigenvalue weighted by Crippen LogP contribution is 2.29. The van der Waals surface area contributed by atoms with E-state index in [1.165, 1.54) is 0 Å². The minimum atomic E-state index is 0.591. The molecule has 0 aliphatic rings. The van der Waals surface area contributed by atoms with E-state index in [0.717, 1.165) is 26.9 Å². The molecule has 3 rings (SSSR count). The molecule has 0 fully saturated rings. The smallest absolute Gasteiger partial charge is 0.182 e. The summed E-state index contributed by atoms with van der Waals surface area (Å²) < 4.78 is 8.67. The Morgan fingerprint density at radius 1 is 1.25 bits per heavy atom. The van der Waals surface area contributed by atoms with Gasteiger partial charge >= 0.3 is 0 Å². The molecule has 3 aromatic rings. The number of aromatic nitrogens is 2. The average molecular weight is 370 g/mol. The fourth-order valence-corrected chi connectivity index (χ4v) is 2.97. The summed E-state index contributed by atoms with van der Waals surface area (Å²) in [5.41, 5.74) is 2.70. The van der Waals surface area contributed by atoms with E-state index in [0.29, 0.717) is 9.79 Å². The van der Waals surface area contributed by atoms with Gasteiger partial charge in [0.05, 0.1) is 28.9 Å². The Kier molecular flexibility index (Phi) is 3.58. The molecule has 0 saturated heterocycles. The van der Waals surface area contributed by atoms with Crippen molar-refractivity contribution < 1.29 is 4.74 Å². The number of aromatic amines is 1. The van der Waals surface area contributed by atoms with Gasteiger partial charge in [0, 0.05) is 10.5 Å². The van der Waals surface area contributed by atoms with Crippen LogP contribution in [-0.2, 0) is 0 Å². The summed E-state index contributed by atoms with van der Waals surface area (Å²) in [5, 5.41) is 0.640. The van der Waals surface area contributed by atoms with Gasteiger partial charge in [-0.05, 0) is 42.5 Å². The number of H-pyrrole nitrogens is 1. The van der Waals surface area contributed by atoms with Crippen LogP contribution in [0.1, 0.15) is 0 Å². The Bertz CT molecular complexity index is 856. The van der Waals surface area contributed by atoms with Crippen molar-refractivity contribution in [3.8, 4) is 11.4 Å². The summed E-state index contributed by atoms with van der Waals surface area (Å²) in [6, 6.07) is 11.4. The summed E-state index contributed by atoms with van der Waals surface area (Å²) in [7, 11) is 1.64. The number of hydrogen-bond donors (Lipinski definition) is 1. The van der Waals surface area contributed by atoms with Crippen LogP contribution in [0.5, 0.6) is 5.75 Å². The van der Waals surface area contributed by atoms with Gasteiger partial charge in [-0.3, -0.25) is 4.57 Å². The van der Waals surface area contributed by atoms with Gasteiger partial charge in [0.25, 0.3) is 0 Å². The Hall–Kier alpha value is -1.30. The maximum absolute atomic E-state index is 6.29. The van der Waals surface area contributed by atoms with Gasteiger partial charge in [0.15, 0.2) is 4.77 Å². The Morgan fingerprint density at radius 3 is 2.80 bits per heavy atom. The van der Waals surface area contributed by atoms with Crippen molar-refractivity contribution in [2.75, 3.05) is 7.11 Å². The van der Waals surface area contributed by atoms with E-state index in [-0.39, 0.29) is 0 Å². The lowest BCUT2D eigenvalue weighted by atomic mass is 10.2. The molecule has 0 aliphatic carbocycles. The highest BCUT2D eigenvalue weighted by molar-refractivity contribution is 9.10. The third-order valence-electron chi connectivity index (χ3n) is 3.04. The fourth-order valence-electron chi connectivity index (χ4n) is 2.11. The van der Waals surface area contributed by atoms with Crippen molar-refractivity contribution in [1.29, 1.82) is 0 Å². The second-order valence-electron chi connectivity index (χ2n) is 4.24. The zero-order valence-corrected chi connectivity index (χ0v) is 13.6. The van der Waals surface area contributed by atoms with Gasteiger partial charge < -0.3 is 9.72 Å². The lowest BCUT2D eigenvalue weighted by Gasteiger charge is -2.08. The lowest BCUT2D eigenvalue weighted by Crippen LogP contribution is -1.95. The average Bonchev–Trinajstić information content (AvgIpc) is 2.76. The van der Waals surface area contributed by atoms with Crippen molar-refractivity contribution in [2.24, 2.45) is 0 Å². The van der Waals surface area contributed by atoms with E-state index in [9.17, 15) is 0 Å². The predicted molar refractivity (Wildman–Crippen MR) is 87.7 cm³/mol. The van der Waals surface area contributed by atoms with Crippen molar-refractivity contribution in [2.45, 2.75) is 0 Å². The molecule has 0 unspecified atom stereocenters. The standard InChI is InChI=1S/C14H10BrClN2OS/c1-19-9-3-5-12-11(7-9)17-14(20)18(12)13-6-8(15)2-4-10(13)16/h2-7H,1H3,(H,17,20). The zero-order valence-electron chi connectivity index (χ0n) is 10.5. The number of imidazole rings is 1. The summed E-state index contributed by atoms with van der Waals surface area (Å²) in [6.07, 6.45) is 0. The number of nitrogens with one attached hydrogen (secondary N) is 1. The van der Waals surface area contributed by atoms with Gasteiger partial charge in [0.1, 0.15) is 5.75 Å². The molecule has 0 spiro atoms. The van der Waals surface area contributed by atoms with Crippen LogP contribution in [-0.4, -0.2) is 16.7 Å². The predicted octanol–water partition coefficient (Wildman–Crippen LogP) is 5.11. The first-order valence-corrected chi connectivity index (χ1v) is 7.42. The molecule has 0 bridgehead atoms. The maximum Gasteiger partial charge on any atom is 0.182 e. The van der Waals surface area contributed by atoms with Crippen LogP contribution < -0.4 is 4.74 Å². The number of fused-ring (bicyclic) bond motifs is 1. The minimum absolute atomic E-state index is 0.591. The quantitative estimate of drug-likeness (QED) is 0.636. The van der Waals surface area contributed by atoms with E-state index < -0.39 is 0 Å². The molecule has 6 heteroatoms. The van der Waals surface area contributed by atoms with Crippen LogP contribution >= 0.6 is 39.7 Å². The molecule has 1 aromatic heterocycles. The van der Waals surface area contributed by atoms with Crippen LogP contribution in [0.4, 0.5) is 0 Å². The number of halogens is 2. The molecule has 102 valence electrons. The van der Waals surface area contributed by atoms with Crippen molar-refractivity contribution >= 4 is 50.8 Å². The van der Waals surface area contributed by atoms with Gasteiger partial charge in [-0.1, -0.05) is 27.5 Å². The zero-order chi connectivity index (χ0) is 14.3. The first-order chi connectivity index (χ1) is 9.60. The van der Waals surface area contributed by atoms with Crippen LogP contribution in [0.25, 0.3) is 16.7 Å². The number of methoxy groups -OCH3 is 1. The normalized spacial score (nSPS) is 10.9. The van der Waals surface area contributed by atoms with Crippen LogP contribution in [0, 0.1) is 4.77 Å². The van der Waals surface area contributed by atoms with Crippen LogP contribution in [0.3, 0.4) is 0 Å². The summed E-state index contributed by atoms with van der Waals surface area (Å²) in [6.45, 7) is 0. The molecular formula is C14H10BrClN2OS. The van der Waals surface area contributed by atoms with Gasteiger partial charge in [-0.2, -0.15) is 0 Å². The number of hydrogen-bond acceptors (Lipinski definition) is 2. The molecule has 3 nitrogen and oxygen atoms in total. The Labute approximate surface area is 134 Å². The van der Waals surface area contributed by atoms with Crippen LogP contribution in [0.15, 0.2) is 40.9 Å². The molecule has 20 heavy (non-hydrogen) atoms. The molecule has 0 atom stereocenters. The summed E-state index contributed by atoms with van der Waals surface area (Å²) in [4.78, 5) is 3.17. The first kappa shape index (κ1) is 13.7. The fraction of sp³-hybridized carbons (Fsp3) is 0.0714. The SMILES string of the molecule is COc1ccc2c(c1)[nH]c(=S)n2-c1cc(Br)ccc1Cl.